The predicted octanol–water partition coefficient (Wildman–Crippen LogP) is 22.2. The van der Waals surface area contributed by atoms with Crippen molar-refractivity contribution in [2.45, 2.75) is 50.6 Å². The summed E-state index contributed by atoms with van der Waals surface area (Å²) in [5, 5.41) is 15.0. The van der Waals surface area contributed by atoms with Gasteiger partial charge in [-0.15, -0.1) is 0 Å². The number of H-pyrrole nitrogens is 1. The molecule has 0 radical (unpaired) electrons. The number of alkyl halides is 1. The smallest absolute Gasteiger partial charge is 0.337 e. The predicted molar refractivity (Wildman–Crippen MR) is 465 cm³/mol. The zero-order valence-electron chi connectivity index (χ0n) is 62.3. The highest BCUT2D eigenvalue weighted by atomic mass is 127. The van der Waals surface area contributed by atoms with E-state index < -0.39 is 5.97 Å². The van der Waals surface area contributed by atoms with Crippen molar-refractivity contribution in [1.29, 1.82) is 0 Å². The SMILES string of the molecule is C=Cc1ccc(C(=O)OC)cc1.COC(=O)c1ccc(CCc2cccc3ccn(Cc4cccc(OC)c4)c23)cc1.COc1cccc(CBr)c1.COc1cccc(Cn2ccc3cccc(CCc4ccc(C(=O)O)cc4)c32)c1.COc1cccc(Cn2ccc3cccc(I)c32)c1.Ic1cccc2cc[nH]c12. The van der Waals surface area contributed by atoms with Gasteiger partial charge in [0.15, 0.2) is 0 Å². The Morgan fingerprint density at radius 3 is 1.16 bits per heavy atom. The van der Waals surface area contributed by atoms with Crippen LogP contribution in [0.1, 0.15) is 81.1 Å². The molecule has 15 rings (SSSR count). The molecule has 17 heteroatoms. The van der Waals surface area contributed by atoms with Crippen LogP contribution in [0.4, 0.5) is 0 Å². The number of aryl methyl sites for hydroxylation is 4. The van der Waals surface area contributed by atoms with Crippen molar-refractivity contribution in [3.63, 3.8) is 0 Å². The Morgan fingerprint density at radius 1 is 0.400 bits per heavy atom. The average Bonchev–Trinajstić information content (AvgIpc) is 1.69. The molecule has 110 heavy (non-hydrogen) atoms. The van der Waals surface area contributed by atoms with Gasteiger partial charge in [-0.1, -0.05) is 174 Å². The van der Waals surface area contributed by atoms with Crippen LogP contribution in [0.25, 0.3) is 49.7 Å². The lowest BCUT2D eigenvalue weighted by molar-refractivity contribution is 0.0592. The highest BCUT2D eigenvalue weighted by molar-refractivity contribution is 14.1. The Bertz CT molecular complexity index is 5490. The number of methoxy groups -OCH3 is 6. The number of carbonyl (C=O) groups excluding carboxylic acids is 2. The number of carboxylic acids is 1. The van der Waals surface area contributed by atoms with Crippen molar-refractivity contribution in [3.05, 3.63) is 372 Å². The van der Waals surface area contributed by atoms with Gasteiger partial charge < -0.3 is 52.2 Å². The Balaban J connectivity index is 0.000000148. The lowest BCUT2D eigenvalue weighted by atomic mass is 10.0. The van der Waals surface area contributed by atoms with Gasteiger partial charge in [0.2, 0.25) is 0 Å². The third kappa shape index (κ3) is 22.7. The minimum Gasteiger partial charge on any atom is -0.497 e. The molecular formula is C93H87BrI2N4O10. The molecule has 0 amide bonds. The van der Waals surface area contributed by atoms with Crippen LogP contribution in [0, 0.1) is 7.14 Å². The quantitative estimate of drug-likeness (QED) is 0.0403. The Hall–Kier alpha value is -11.1. The van der Waals surface area contributed by atoms with E-state index in [2.05, 4.69) is 249 Å². The molecular weight excluding hydrogens is 1670 g/mol. The molecule has 4 heterocycles. The highest BCUT2D eigenvalue weighted by Crippen LogP contribution is 2.29. The first-order valence-electron chi connectivity index (χ1n) is 35.6. The van der Waals surface area contributed by atoms with Gasteiger partial charge >= 0.3 is 17.9 Å². The van der Waals surface area contributed by atoms with Crippen LogP contribution in [0.3, 0.4) is 0 Å². The second-order valence-electron chi connectivity index (χ2n) is 25.4. The fourth-order valence-corrected chi connectivity index (χ4v) is 14.4. The van der Waals surface area contributed by atoms with Crippen LogP contribution in [-0.2, 0) is 60.1 Å². The van der Waals surface area contributed by atoms with Gasteiger partial charge in [0.25, 0.3) is 0 Å². The molecule has 0 saturated heterocycles. The van der Waals surface area contributed by atoms with Crippen LogP contribution in [0.15, 0.2) is 298 Å². The summed E-state index contributed by atoms with van der Waals surface area (Å²) in [5.41, 5.74) is 17.3. The number of nitrogens with zero attached hydrogens (tertiary/aromatic N) is 3. The normalized spacial score (nSPS) is 10.5. The van der Waals surface area contributed by atoms with Gasteiger partial charge in [-0.3, -0.25) is 0 Å². The van der Waals surface area contributed by atoms with E-state index in [9.17, 15) is 14.4 Å². The van der Waals surface area contributed by atoms with E-state index in [1.807, 2.05) is 109 Å². The van der Waals surface area contributed by atoms with Crippen LogP contribution >= 0.6 is 61.1 Å². The number of fused-ring (bicyclic) bond motifs is 4. The molecule has 0 aliphatic rings. The zero-order chi connectivity index (χ0) is 77.7. The molecule has 0 aliphatic carbocycles. The number of hydrogen-bond donors (Lipinski definition) is 2. The molecule has 4 aromatic heterocycles. The van der Waals surface area contributed by atoms with Crippen LogP contribution in [0.2, 0.25) is 0 Å². The highest BCUT2D eigenvalue weighted by Gasteiger charge is 2.14. The molecule has 14 nitrogen and oxygen atoms in total. The number of carboxylic acid groups (broad SMARTS) is 1. The lowest BCUT2D eigenvalue weighted by Gasteiger charge is -2.11. The van der Waals surface area contributed by atoms with Crippen molar-refractivity contribution < 1.29 is 47.9 Å². The van der Waals surface area contributed by atoms with E-state index in [-0.39, 0.29) is 11.9 Å². The number of rotatable bonds is 21. The van der Waals surface area contributed by atoms with Gasteiger partial charge in [-0.05, 0) is 253 Å². The standard InChI is InChI=1S/C26H25NO3.C25H23NO3.C16H14INO.C10H10O2.C8H9BrO.C8H6IN/c1-29-24-8-3-5-20(17-24)18-27-16-15-22-7-4-6-21(25(22)27)12-9-19-10-13-23(14-11-19)26(28)30-2;1-29-23-7-2-4-19(16-23)17-26-15-14-21-6-3-5-20(24(21)26)11-8-18-9-12-22(13-10-18)25(27)28;1-19-14-6-2-4-12(10-14)11-18-9-8-13-5-3-7-15(17)16(13)18;1-3-8-4-6-9(7-5-8)10(11)12-2;1-10-8-4-2-3-7(5-8)6-9;9-7-3-1-2-6-4-5-10-8(6)7/h3-8,10-11,13-17H,9,12,18H2,1-2H3;2-7,9-10,12-16H,8,11,17H2,1H3,(H,27,28);2-10H,11H2,1H3;3-7H,1H2,2H3;2-5H,6H2,1H3;1-5,10H. The molecule has 0 spiro atoms. The van der Waals surface area contributed by atoms with Gasteiger partial charge in [0.1, 0.15) is 23.0 Å². The summed E-state index contributed by atoms with van der Waals surface area (Å²) in [7, 11) is 9.52. The summed E-state index contributed by atoms with van der Waals surface area (Å²) in [6.07, 6.45) is 13.7. The topological polar surface area (TPSA) is 157 Å². The second kappa shape index (κ2) is 41.4. The average molecular weight is 1750 g/mol. The molecule has 15 aromatic rings. The summed E-state index contributed by atoms with van der Waals surface area (Å²) in [6, 6.07) is 88.5. The van der Waals surface area contributed by atoms with Gasteiger partial charge in [-0.2, -0.15) is 0 Å². The minimum absolute atomic E-state index is 0.304. The van der Waals surface area contributed by atoms with Crippen molar-refractivity contribution in [3.8, 4) is 23.0 Å². The number of aromatic amines is 1. The number of halogens is 3. The summed E-state index contributed by atoms with van der Waals surface area (Å²) in [4.78, 5) is 36.8. The van der Waals surface area contributed by atoms with E-state index >= 15 is 0 Å². The fraction of sp³-hybridized carbons (Fsp3) is 0.151. The molecule has 2 N–H and O–H groups in total. The maximum Gasteiger partial charge on any atom is 0.337 e. The van der Waals surface area contributed by atoms with E-state index in [1.165, 1.54) is 104 Å². The Kier molecular flexibility index (Phi) is 30.7. The summed E-state index contributed by atoms with van der Waals surface area (Å²) in [6.45, 7) is 6.05. The number of carbonyl (C=O) groups is 3. The molecule has 11 aromatic carbocycles. The van der Waals surface area contributed by atoms with Crippen LogP contribution < -0.4 is 18.9 Å². The molecule has 0 atom stereocenters. The fourth-order valence-electron chi connectivity index (χ4n) is 12.6. The molecule has 0 bridgehead atoms. The van der Waals surface area contributed by atoms with Crippen LogP contribution in [0.5, 0.6) is 23.0 Å². The van der Waals surface area contributed by atoms with E-state index in [1.54, 1.807) is 58.8 Å². The van der Waals surface area contributed by atoms with Gasteiger partial charge in [0, 0.05) is 67.7 Å². The van der Waals surface area contributed by atoms with Crippen molar-refractivity contribution in [2.75, 3.05) is 42.7 Å². The number of para-hydroxylation sites is 4. The zero-order valence-corrected chi connectivity index (χ0v) is 68.2. The van der Waals surface area contributed by atoms with Gasteiger partial charge in [-0.25, -0.2) is 14.4 Å². The first kappa shape index (κ1) is 81.4. The summed E-state index contributed by atoms with van der Waals surface area (Å²) < 4.78 is 39.8. The van der Waals surface area contributed by atoms with E-state index in [4.69, 9.17) is 28.8 Å². The largest absolute Gasteiger partial charge is 0.497 e. The number of esters is 2. The maximum absolute atomic E-state index is 11.6. The number of nitrogens with one attached hydrogen (secondary N) is 1. The number of aromatic carboxylic acids is 1. The molecule has 0 unspecified atom stereocenters. The summed E-state index contributed by atoms with van der Waals surface area (Å²) >= 11 is 8.08. The molecule has 560 valence electrons. The Labute approximate surface area is 678 Å². The molecule has 0 aliphatic heterocycles. The van der Waals surface area contributed by atoms with Crippen LogP contribution in [-0.4, -0.2) is 84.4 Å². The second-order valence-corrected chi connectivity index (χ2v) is 28.3. The van der Waals surface area contributed by atoms with Crippen molar-refractivity contribution >= 4 is 129 Å². The van der Waals surface area contributed by atoms with E-state index in [0.717, 1.165) is 84.8 Å². The number of ether oxygens (including phenoxy) is 6. The third-order valence-electron chi connectivity index (χ3n) is 18.3. The first-order chi connectivity index (χ1) is 53.6. The van der Waals surface area contributed by atoms with Gasteiger partial charge in [0.05, 0.1) is 81.4 Å². The third-order valence-corrected chi connectivity index (χ3v) is 20.7. The number of hydrogen-bond acceptors (Lipinski definition) is 9. The maximum atomic E-state index is 11.6. The number of aromatic nitrogens is 4. The van der Waals surface area contributed by atoms with Crippen molar-refractivity contribution in [1.82, 2.24) is 18.7 Å². The van der Waals surface area contributed by atoms with E-state index in [0.29, 0.717) is 16.7 Å². The Morgan fingerprint density at radius 2 is 0.764 bits per heavy atom. The number of benzene rings is 11. The lowest BCUT2D eigenvalue weighted by Crippen LogP contribution is -2.02. The van der Waals surface area contributed by atoms with Crippen molar-refractivity contribution in [2.24, 2.45) is 0 Å². The minimum atomic E-state index is -0.892. The molecule has 0 saturated carbocycles. The summed E-state index contributed by atoms with van der Waals surface area (Å²) in [5.74, 6) is 2.05. The first-order valence-corrected chi connectivity index (χ1v) is 38.9. The monoisotopic (exact) mass is 1750 g/mol. The molecule has 0 fully saturated rings.